The van der Waals surface area contributed by atoms with Crippen LogP contribution in [0.1, 0.15) is 36.0 Å². The summed E-state index contributed by atoms with van der Waals surface area (Å²) in [5.74, 6) is 1.59. The predicted octanol–water partition coefficient (Wildman–Crippen LogP) is -2.91. The number of fused-ring (bicyclic) bond motifs is 1. The molecule has 0 aromatic heterocycles. The van der Waals surface area contributed by atoms with Gasteiger partial charge in [-0.1, -0.05) is 12.1 Å². The topological polar surface area (TPSA) is 109 Å². The van der Waals surface area contributed by atoms with Gasteiger partial charge in [0.2, 0.25) is 5.75 Å². The summed E-state index contributed by atoms with van der Waals surface area (Å²) in [5, 5.41) is 0. The summed E-state index contributed by atoms with van der Waals surface area (Å²) in [6, 6.07) is 7.09. The van der Waals surface area contributed by atoms with E-state index in [0.717, 1.165) is 36.0 Å². The third-order valence-electron chi connectivity index (χ3n) is 5.14. The molecule has 168 valence electrons. The number of rotatable bonds is 7. The van der Waals surface area contributed by atoms with Crippen LogP contribution in [0.15, 0.2) is 30.3 Å². The van der Waals surface area contributed by atoms with Crippen LogP contribution in [0.3, 0.4) is 0 Å². The molecule has 0 aliphatic heterocycles. The first-order valence-corrected chi connectivity index (χ1v) is 11.2. The fraction of sp³-hybridized carbons (Fsp3) is 0.364. The van der Waals surface area contributed by atoms with E-state index in [4.69, 9.17) is 23.5 Å². The van der Waals surface area contributed by atoms with Crippen molar-refractivity contribution < 1.29 is 96.9 Å². The molecule has 1 aliphatic rings. The Morgan fingerprint density at radius 3 is 1.94 bits per heavy atom. The zero-order chi connectivity index (χ0) is 22.6. The Labute approximate surface area is 238 Å². The normalized spacial score (nSPS) is 13.1. The summed E-state index contributed by atoms with van der Waals surface area (Å²) in [7, 11) is 0.726. The second-order valence-electron chi connectivity index (χ2n) is 6.94. The van der Waals surface area contributed by atoms with Gasteiger partial charge in [-0.2, -0.15) is 0 Å². The largest absolute Gasteiger partial charge is 1.00 e. The monoisotopic (exact) mass is 494 g/mol. The molecule has 1 aliphatic carbocycles. The van der Waals surface area contributed by atoms with E-state index in [1.54, 1.807) is 20.3 Å². The second-order valence-corrected chi connectivity index (χ2v) is 8.02. The molecule has 3 rings (SSSR count). The molecular weight excluding hydrogens is 469 g/mol. The Kier molecular flexibility index (Phi) is 12.4. The van der Waals surface area contributed by atoms with Gasteiger partial charge in [0.15, 0.2) is 23.0 Å². The number of hydrogen-bond donors (Lipinski definition) is 0. The number of allylic oxidation sites excluding steroid dienone is 1. The van der Waals surface area contributed by atoms with Crippen LogP contribution in [0.4, 0.5) is 0 Å². The van der Waals surface area contributed by atoms with Gasteiger partial charge < -0.3 is 37.8 Å². The van der Waals surface area contributed by atoms with Crippen molar-refractivity contribution in [1.82, 2.24) is 0 Å². The molecule has 0 bridgehead atoms. The van der Waals surface area contributed by atoms with Crippen molar-refractivity contribution in [2.45, 2.75) is 25.7 Å². The van der Waals surface area contributed by atoms with E-state index < -0.39 is 7.82 Å². The molecule has 2 aromatic rings. The summed E-state index contributed by atoms with van der Waals surface area (Å²) >= 11 is 0. The molecule has 33 heavy (non-hydrogen) atoms. The van der Waals surface area contributed by atoms with Crippen LogP contribution in [0.25, 0.3) is 5.57 Å². The standard InChI is InChI=1S/C22H27O8P.2Na/c1-26-18-11-10-16-15(14-12-19(27-2)22(29-4)20(13-14)28-3)8-6-5-7-9-17(16)21(18)30-31(23,24)25;;/h8,10-13H,5-7,9H2,1-4H3,(H2,23,24,25);;/q;2*+1/p-2. The van der Waals surface area contributed by atoms with Gasteiger partial charge in [0.25, 0.3) is 0 Å². The smallest absolute Gasteiger partial charge is 0.780 e. The van der Waals surface area contributed by atoms with Crippen molar-refractivity contribution in [2.75, 3.05) is 28.4 Å². The second kappa shape index (κ2) is 13.4. The Bertz CT molecular complexity index is 1010. The number of hydrogen-bond acceptors (Lipinski definition) is 8. The Hall–Kier alpha value is -0.670. The van der Waals surface area contributed by atoms with Crippen LogP contribution in [-0.4, -0.2) is 28.4 Å². The number of methoxy groups -OCH3 is 4. The molecule has 0 N–H and O–H groups in total. The third kappa shape index (κ3) is 7.17. The molecule has 0 heterocycles. The Morgan fingerprint density at radius 2 is 1.42 bits per heavy atom. The molecule has 0 saturated heterocycles. The van der Waals surface area contributed by atoms with Gasteiger partial charge in [0.05, 0.1) is 28.4 Å². The molecule has 0 saturated carbocycles. The summed E-state index contributed by atoms with van der Waals surface area (Å²) in [5.41, 5.74) is 2.98. The number of phosphoric ester groups is 1. The van der Waals surface area contributed by atoms with E-state index >= 15 is 0 Å². The van der Waals surface area contributed by atoms with E-state index in [-0.39, 0.29) is 70.6 Å². The maximum atomic E-state index is 11.4. The zero-order valence-electron chi connectivity index (χ0n) is 19.9. The van der Waals surface area contributed by atoms with Gasteiger partial charge in [-0.15, -0.1) is 0 Å². The molecule has 8 nitrogen and oxygen atoms in total. The summed E-state index contributed by atoms with van der Waals surface area (Å²) < 4.78 is 37.9. The van der Waals surface area contributed by atoms with Gasteiger partial charge in [0.1, 0.15) is 7.82 Å². The quantitative estimate of drug-likeness (QED) is 0.298. The maximum absolute atomic E-state index is 11.4. The summed E-state index contributed by atoms with van der Waals surface area (Å²) in [6.07, 6.45) is 5.12. The minimum absolute atomic E-state index is 0. The molecular formula is C22H25Na2O8P. The van der Waals surface area contributed by atoms with E-state index in [1.807, 2.05) is 18.2 Å². The van der Waals surface area contributed by atoms with Crippen molar-refractivity contribution in [1.29, 1.82) is 0 Å². The van der Waals surface area contributed by atoms with Gasteiger partial charge in [0, 0.05) is 5.56 Å². The molecule has 11 heteroatoms. The molecule has 0 amide bonds. The third-order valence-corrected chi connectivity index (χ3v) is 5.55. The molecule has 2 aromatic carbocycles. The van der Waals surface area contributed by atoms with Crippen LogP contribution in [0.5, 0.6) is 28.7 Å². The first-order chi connectivity index (χ1) is 14.8. The minimum atomic E-state index is -5.28. The molecule has 0 spiro atoms. The first kappa shape index (κ1) is 30.4. The average molecular weight is 494 g/mol. The zero-order valence-corrected chi connectivity index (χ0v) is 24.8. The van der Waals surface area contributed by atoms with Crippen molar-refractivity contribution in [3.63, 3.8) is 0 Å². The maximum Gasteiger partial charge on any atom is 1.00 e. The first-order valence-electron chi connectivity index (χ1n) is 9.75. The Morgan fingerprint density at radius 1 is 0.818 bits per heavy atom. The predicted molar refractivity (Wildman–Crippen MR) is 112 cm³/mol. The fourth-order valence-corrected chi connectivity index (χ4v) is 4.22. The summed E-state index contributed by atoms with van der Waals surface area (Å²) in [6.45, 7) is 0. The van der Waals surface area contributed by atoms with Crippen LogP contribution in [0.2, 0.25) is 0 Å². The molecule has 0 radical (unpaired) electrons. The molecule has 0 unspecified atom stereocenters. The average Bonchev–Trinajstić information content (AvgIpc) is 2.72. The van der Waals surface area contributed by atoms with Crippen molar-refractivity contribution in [3.8, 4) is 28.7 Å². The van der Waals surface area contributed by atoms with Gasteiger partial charge in [-0.25, -0.2) is 0 Å². The number of ether oxygens (including phenoxy) is 4. The van der Waals surface area contributed by atoms with Gasteiger partial charge in [-0.3, -0.25) is 0 Å². The van der Waals surface area contributed by atoms with E-state index in [2.05, 4.69) is 6.08 Å². The fourth-order valence-electron chi connectivity index (χ4n) is 3.79. The van der Waals surface area contributed by atoms with Gasteiger partial charge >= 0.3 is 59.1 Å². The Balaban J connectivity index is 0.00000272. The van der Waals surface area contributed by atoms with Crippen molar-refractivity contribution in [2.24, 2.45) is 0 Å². The van der Waals surface area contributed by atoms with Crippen LogP contribution in [-0.2, 0) is 11.0 Å². The molecule has 0 fully saturated rings. The van der Waals surface area contributed by atoms with Crippen molar-refractivity contribution in [3.05, 3.63) is 47.0 Å². The van der Waals surface area contributed by atoms with E-state index in [1.165, 1.54) is 14.2 Å². The number of phosphoric acid groups is 1. The number of benzene rings is 2. The summed E-state index contributed by atoms with van der Waals surface area (Å²) in [4.78, 5) is 22.9. The van der Waals surface area contributed by atoms with E-state index in [0.29, 0.717) is 29.2 Å². The van der Waals surface area contributed by atoms with Crippen LogP contribution < -0.4 is 92.4 Å². The van der Waals surface area contributed by atoms with E-state index in [9.17, 15) is 14.4 Å². The SMILES string of the molecule is COc1cc(C2=CCCCCc3c2ccc(OC)c3OP(=O)([O-])[O-])cc(OC)c1OC.[Na+].[Na+]. The minimum Gasteiger partial charge on any atom is -0.780 e. The molecule has 0 atom stereocenters. The van der Waals surface area contributed by atoms with Gasteiger partial charge in [-0.05, 0) is 60.6 Å². The van der Waals surface area contributed by atoms with Crippen LogP contribution >= 0.6 is 7.82 Å². The van der Waals surface area contributed by atoms with Crippen LogP contribution in [0, 0.1) is 0 Å². The van der Waals surface area contributed by atoms with Crippen molar-refractivity contribution >= 4 is 13.4 Å².